The standard InChI is InChI=1S/C22H18N2O/c1-23-20-14-8-7-13-19(20)21-15-16-9-5-6-12-18(16)22(25)24(21)17-10-3-2-4-11-17/h2-15,23H,1H3. The van der Waals surface area contributed by atoms with Gasteiger partial charge in [0.25, 0.3) is 5.56 Å². The van der Waals surface area contributed by atoms with Crippen LogP contribution in [0.4, 0.5) is 5.69 Å². The summed E-state index contributed by atoms with van der Waals surface area (Å²) in [5, 5.41) is 4.89. The fourth-order valence-corrected chi connectivity index (χ4v) is 3.22. The van der Waals surface area contributed by atoms with E-state index in [2.05, 4.69) is 11.4 Å². The Morgan fingerprint density at radius 2 is 1.48 bits per heavy atom. The van der Waals surface area contributed by atoms with Gasteiger partial charge >= 0.3 is 0 Å². The van der Waals surface area contributed by atoms with Crippen molar-refractivity contribution < 1.29 is 0 Å². The molecule has 0 amide bonds. The average molecular weight is 326 g/mol. The number of hydrogen-bond donors (Lipinski definition) is 1. The van der Waals surface area contributed by atoms with Crippen LogP contribution in [0.3, 0.4) is 0 Å². The quantitative estimate of drug-likeness (QED) is 0.592. The lowest BCUT2D eigenvalue weighted by atomic mass is 10.0. The van der Waals surface area contributed by atoms with E-state index in [-0.39, 0.29) is 5.56 Å². The van der Waals surface area contributed by atoms with Gasteiger partial charge in [0.2, 0.25) is 0 Å². The molecule has 0 saturated heterocycles. The van der Waals surface area contributed by atoms with Crippen molar-refractivity contribution in [3.05, 3.63) is 95.3 Å². The molecule has 0 aliphatic carbocycles. The minimum absolute atomic E-state index is 0.00907. The number of fused-ring (bicyclic) bond motifs is 1. The third-order valence-corrected chi connectivity index (χ3v) is 4.41. The first-order chi connectivity index (χ1) is 12.3. The Balaban J connectivity index is 2.14. The lowest BCUT2D eigenvalue weighted by molar-refractivity contribution is 1.02. The average Bonchev–Trinajstić information content (AvgIpc) is 2.68. The van der Waals surface area contributed by atoms with Gasteiger partial charge in [0.1, 0.15) is 0 Å². The maximum absolute atomic E-state index is 13.3. The Hall–Kier alpha value is -3.33. The van der Waals surface area contributed by atoms with Gasteiger partial charge in [-0.25, -0.2) is 0 Å². The number of anilines is 1. The first kappa shape index (κ1) is 15.2. The van der Waals surface area contributed by atoms with Crippen LogP contribution in [0.5, 0.6) is 0 Å². The number of pyridine rings is 1. The molecule has 1 aromatic heterocycles. The van der Waals surface area contributed by atoms with Crippen LogP contribution in [0.2, 0.25) is 0 Å². The lowest BCUT2D eigenvalue weighted by Crippen LogP contribution is -2.20. The lowest BCUT2D eigenvalue weighted by Gasteiger charge is -2.17. The number of nitrogens with one attached hydrogen (secondary N) is 1. The zero-order valence-electron chi connectivity index (χ0n) is 13.9. The van der Waals surface area contributed by atoms with Gasteiger partial charge in [-0.3, -0.25) is 9.36 Å². The van der Waals surface area contributed by atoms with Crippen LogP contribution in [-0.4, -0.2) is 11.6 Å². The number of benzene rings is 3. The molecule has 4 aromatic rings. The van der Waals surface area contributed by atoms with Gasteiger partial charge in [0, 0.05) is 29.4 Å². The minimum Gasteiger partial charge on any atom is -0.388 e. The van der Waals surface area contributed by atoms with E-state index in [1.54, 1.807) is 4.57 Å². The molecule has 0 spiro atoms. The van der Waals surface area contributed by atoms with Crippen molar-refractivity contribution >= 4 is 16.5 Å². The van der Waals surface area contributed by atoms with E-state index in [1.165, 1.54) is 0 Å². The third-order valence-electron chi connectivity index (χ3n) is 4.41. The molecule has 25 heavy (non-hydrogen) atoms. The fourth-order valence-electron chi connectivity index (χ4n) is 3.22. The van der Waals surface area contributed by atoms with Crippen LogP contribution in [0.25, 0.3) is 27.7 Å². The van der Waals surface area contributed by atoms with Crippen molar-refractivity contribution in [2.45, 2.75) is 0 Å². The summed E-state index contributed by atoms with van der Waals surface area (Å²) in [7, 11) is 1.89. The van der Waals surface area contributed by atoms with E-state index < -0.39 is 0 Å². The van der Waals surface area contributed by atoms with E-state index in [4.69, 9.17) is 0 Å². The molecule has 0 unspecified atom stereocenters. The van der Waals surface area contributed by atoms with Crippen LogP contribution >= 0.6 is 0 Å². The Bertz CT molecular complexity index is 1100. The van der Waals surface area contributed by atoms with E-state index in [0.29, 0.717) is 0 Å². The highest BCUT2D eigenvalue weighted by Gasteiger charge is 2.14. The van der Waals surface area contributed by atoms with Gasteiger partial charge in [-0.05, 0) is 35.7 Å². The van der Waals surface area contributed by atoms with Crippen molar-refractivity contribution in [3.63, 3.8) is 0 Å². The maximum Gasteiger partial charge on any atom is 0.263 e. The summed E-state index contributed by atoms with van der Waals surface area (Å²) in [6.45, 7) is 0. The highest BCUT2D eigenvalue weighted by Crippen LogP contribution is 2.30. The molecule has 1 N–H and O–H groups in total. The van der Waals surface area contributed by atoms with Gasteiger partial charge in [-0.15, -0.1) is 0 Å². The molecule has 0 radical (unpaired) electrons. The Morgan fingerprint density at radius 3 is 2.28 bits per heavy atom. The van der Waals surface area contributed by atoms with E-state index in [0.717, 1.165) is 33.4 Å². The smallest absolute Gasteiger partial charge is 0.263 e. The molecule has 3 aromatic carbocycles. The fraction of sp³-hybridized carbons (Fsp3) is 0.0455. The summed E-state index contributed by atoms with van der Waals surface area (Å²) < 4.78 is 1.79. The Kier molecular flexibility index (Phi) is 3.82. The molecule has 0 saturated carbocycles. The van der Waals surface area contributed by atoms with Crippen molar-refractivity contribution in [1.82, 2.24) is 4.57 Å². The summed E-state index contributed by atoms with van der Waals surface area (Å²) in [6, 6.07) is 27.6. The molecule has 122 valence electrons. The van der Waals surface area contributed by atoms with Crippen molar-refractivity contribution in [2.24, 2.45) is 0 Å². The van der Waals surface area contributed by atoms with Crippen molar-refractivity contribution in [2.75, 3.05) is 12.4 Å². The summed E-state index contributed by atoms with van der Waals surface area (Å²) in [4.78, 5) is 13.3. The minimum atomic E-state index is -0.00907. The highest BCUT2D eigenvalue weighted by atomic mass is 16.1. The molecule has 3 nitrogen and oxygen atoms in total. The zero-order chi connectivity index (χ0) is 17.2. The van der Waals surface area contributed by atoms with Gasteiger partial charge in [0.05, 0.1) is 5.69 Å². The SMILES string of the molecule is CNc1ccccc1-c1cc2ccccc2c(=O)n1-c1ccccc1. The Labute approximate surface area is 146 Å². The summed E-state index contributed by atoms with van der Waals surface area (Å²) >= 11 is 0. The molecule has 0 atom stereocenters. The van der Waals surface area contributed by atoms with E-state index >= 15 is 0 Å². The number of nitrogens with zero attached hydrogens (tertiary/aromatic N) is 1. The first-order valence-electron chi connectivity index (χ1n) is 8.27. The first-order valence-corrected chi connectivity index (χ1v) is 8.27. The second kappa shape index (κ2) is 6.29. The van der Waals surface area contributed by atoms with Gasteiger partial charge in [-0.2, -0.15) is 0 Å². The summed E-state index contributed by atoms with van der Waals surface area (Å²) in [5.74, 6) is 0. The van der Waals surface area contributed by atoms with E-state index in [1.807, 2.05) is 85.9 Å². The number of aromatic nitrogens is 1. The summed E-state index contributed by atoms with van der Waals surface area (Å²) in [6.07, 6.45) is 0. The van der Waals surface area contributed by atoms with Gasteiger partial charge < -0.3 is 5.32 Å². The third kappa shape index (κ3) is 2.60. The maximum atomic E-state index is 13.3. The summed E-state index contributed by atoms with van der Waals surface area (Å²) in [5.41, 5.74) is 3.71. The molecule has 4 rings (SSSR count). The van der Waals surface area contributed by atoms with Crippen molar-refractivity contribution in [1.29, 1.82) is 0 Å². The van der Waals surface area contributed by atoms with Crippen LogP contribution in [-0.2, 0) is 0 Å². The number of hydrogen-bond acceptors (Lipinski definition) is 2. The zero-order valence-corrected chi connectivity index (χ0v) is 13.9. The highest BCUT2D eigenvalue weighted by molar-refractivity contribution is 5.88. The van der Waals surface area contributed by atoms with Crippen LogP contribution in [0.15, 0.2) is 89.7 Å². The Morgan fingerprint density at radius 1 is 0.800 bits per heavy atom. The normalized spacial score (nSPS) is 10.8. The molecule has 1 heterocycles. The second-order valence-corrected chi connectivity index (χ2v) is 5.89. The largest absolute Gasteiger partial charge is 0.388 e. The van der Waals surface area contributed by atoms with Gasteiger partial charge in [-0.1, -0.05) is 54.6 Å². The predicted octanol–water partition coefficient (Wildman–Crippen LogP) is 4.70. The molecule has 0 aliphatic rings. The molecular formula is C22H18N2O. The molecule has 0 bridgehead atoms. The predicted molar refractivity (Wildman–Crippen MR) is 105 cm³/mol. The van der Waals surface area contributed by atoms with E-state index in [9.17, 15) is 4.79 Å². The topological polar surface area (TPSA) is 34.0 Å². The molecule has 0 fully saturated rings. The molecule has 3 heteroatoms. The molecular weight excluding hydrogens is 308 g/mol. The molecule has 0 aliphatic heterocycles. The van der Waals surface area contributed by atoms with Crippen LogP contribution in [0.1, 0.15) is 0 Å². The van der Waals surface area contributed by atoms with Crippen LogP contribution in [0, 0.1) is 0 Å². The van der Waals surface area contributed by atoms with Crippen LogP contribution < -0.4 is 10.9 Å². The monoisotopic (exact) mass is 326 g/mol. The van der Waals surface area contributed by atoms with Crippen molar-refractivity contribution in [3.8, 4) is 16.9 Å². The number of rotatable bonds is 3. The second-order valence-electron chi connectivity index (χ2n) is 5.89. The number of para-hydroxylation sites is 2. The van der Waals surface area contributed by atoms with Gasteiger partial charge in [0.15, 0.2) is 0 Å².